The van der Waals surface area contributed by atoms with Crippen LogP contribution >= 0.6 is 0 Å². The number of rotatable bonds is 59. The van der Waals surface area contributed by atoms with Crippen LogP contribution in [-0.4, -0.2) is 172 Å². The highest BCUT2D eigenvalue weighted by atomic mass is 28.2. The van der Waals surface area contributed by atoms with E-state index >= 15 is 0 Å². The topological polar surface area (TPSA) is 321 Å². The maximum Gasteiger partial charge on any atom is 0.339 e. The van der Waals surface area contributed by atoms with E-state index < -0.39 is 122 Å². The van der Waals surface area contributed by atoms with E-state index in [1.165, 1.54) is 65.2 Å². The number of ketones is 3. The Kier molecular flexibility index (Phi) is 52.1. The average molecular weight is 1680 g/mol. The van der Waals surface area contributed by atoms with E-state index in [2.05, 4.69) is 82.8 Å². The molecule has 670 valence electrons. The number of Topliss-reactive ketones (excluding diaryl/α,β-unsaturated/α-hetero) is 3. The summed E-state index contributed by atoms with van der Waals surface area (Å²) in [7, 11) is 1.30. The van der Waals surface area contributed by atoms with Crippen LogP contribution in [0.3, 0.4) is 0 Å². The molecular weight excluding hydrogens is 1530 g/mol. The lowest BCUT2D eigenvalue weighted by Gasteiger charge is -2.39. The van der Waals surface area contributed by atoms with Crippen LogP contribution in [0.5, 0.6) is 11.5 Å². The summed E-state index contributed by atoms with van der Waals surface area (Å²) in [5.74, 6) is 3.62. The number of unbranched alkanes of at least 4 members (excludes halogenated alkanes) is 16. The molecule has 0 saturated carbocycles. The summed E-state index contributed by atoms with van der Waals surface area (Å²) in [5.41, 5.74) is -5.43. The smallest absolute Gasteiger partial charge is 0.339 e. The number of carbonyl (C=O) groups excluding carboxylic acids is 9. The molecule has 1 heterocycles. The molecule has 0 aromatic heterocycles. The van der Waals surface area contributed by atoms with Crippen LogP contribution in [-0.2, 0) is 88.8 Å². The van der Waals surface area contributed by atoms with Crippen molar-refractivity contribution < 1.29 is 101 Å². The summed E-state index contributed by atoms with van der Waals surface area (Å²) < 4.78 is 50.6. The molecule has 5 N–H and O–H groups in total. The first-order valence-electron chi connectivity index (χ1n) is 43.6. The van der Waals surface area contributed by atoms with Gasteiger partial charge in [0.1, 0.15) is 41.7 Å². The summed E-state index contributed by atoms with van der Waals surface area (Å²) in [4.78, 5) is 120. The standard InChI is InChI=1S/C52H85NO11Si.C43H65NO10/c1-12-14-16-20-23-32-51(61-37-38-62-51)33-24-21-18-17-19-22-25-42(52(58,47(57)64-49(6,7)8)34-36-63-65-50(9,10)48(3,4)5)46(56)53-43(44(54)30-31-45(55)59-11)39-40-26-28-41(29-27-40)60-35-15-13-2;1-7-9-11-14-17-20-34(46)21-18-15-12-13-16-19-22-36(43(51,29-30-45)41(50)54-42(3,4)5)40(49)44-37(38(47)27-28-39(48)52-6)32-33-23-25-35(26-24-33)53-31-10-8-2/h22,25-29,42-43,58H,12,14,16-21,23-24,30-39,65H2,1-11H3,(H,53,56);19,22-26,36-37,45,51H,7,9,11-18,20-21,27-32H2,1-6H3,(H,44,49)/b25-22+;22-19+/t42-,43+,52+;36-,37+,43+/m11/s1. The van der Waals surface area contributed by atoms with Gasteiger partial charge in [0.2, 0.25) is 11.8 Å². The third-order valence-corrected chi connectivity index (χ3v) is 23.7. The Hall–Kier alpha value is -7.55. The lowest BCUT2D eigenvalue weighted by atomic mass is 9.82. The largest absolute Gasteiger partial charge is 0.481 e. The number of hydrogen-bond acceptors (Lipinski definition) is 21. The van der Waals surface area contributed by atoms with Gasteiger partial charge in [0.05, 0.1) is 64.2 Å². The molecule has 1 aliphatic rings. The highest BCUT2D eigenvalue weighted by Gasteiger charge is 2.51. The molecule has 2 aromatic carbocycles. The third kappa shape index (κ3) is 44.2. The molecule has 6 atom stereocenters. The number of allylic oxidation sites excluding steroid dienone is 2. The van der Waals surface area contributed by atoms with E-state index in [0.29, 0.717) is 67.3 Å². The summed E-state index contributed by atoms with van der Waals surface area (Å²) >= 11 is 0. The van der Waals surface area contributed by atoms with Crippen LogP contribution < -0.4 is 20.1 Å². The molecule has 0 bridgehead atoms. The second-order valence-corrected chi connectivity index (χ2v) is 37.3. The minimum Gasteiger partial charge on any atom is -0.481 e. The zero-order valence-corrected chi connectivity index (χ0v) is 76.9. The highest BCUT2D eigenvalue weighted by molar-refractivity contribution is 6.32. The lowest BCUT2D eigenvalue weighted by Crippen LogP contribution is -2.56. The molecule has 119 heavy (non-hydrogen) atoms. The number of amides is 2. The molecule has 0 unspecified atom stereocenters. The lowest BCUT2D eigenvalue weighted by molar-refractivity contribution is -0.185. The van der Waals surface area contributed by atoms with Crippen molar-refractivity contribution in [1.29, 1.82) is 0 Å². The second kappa shape index (κ2) is 57.7. The highest BCUT2D eigenvalue weighted by Crippen LogP contribution is 2.44. The molecule has 1 saturated heterocycles. The number of esters is 4. The van der Waals surface area contributed by atoms with Crippen molar-refractivity contribution >= 4 is 62.8 Å². The fraction of sp³-hybridized carbons (Fsp3) is 0.695. The Labute approximate surface area is 715 Å². The van der Waals surface area contributed by atoms with E-state index in [4.69, 9.17) is 42.3 Å². The molecule has 24 heteroatoms. The van der Waals surface area contributed by atoms with Gasteiger partial charge in [0, 0.05) is 64.6 Å². The Morgan fingerprint density at radius 1 is 0.513 bits per heavy atom. The number of hydrogen-bond donors (Lipinski definition) is 5. The SMILES string of the molecule is CC#CCOc1ccc(C[C@H](NC(=O)[C@@H](/C=C/CCCCCCC(=O)CCCCCCC)[C@@](O)(CCO)C(=O)OC(C)(C)C)C(=O)CCC(=O)OC)cc1.CC#CCOc1ccc(C[C@H](NC(=O)[C@@H](/C=C/CCCCCCC2(CCCCCCC)OCCO2)[C@@](O)(CCO[SiH2]C(C)(C)C(C)(C)C)C(=O)OC(C)(C)C)C(=O)CCC(=O)OC)cc1. The molecule has 0 radical (unpaired) electrons. The normalized spacial score (nSPS) is 15.0. The van der Waals surface area contributed by atoms with Gasteiger partial charge in [-0.3, -0.25) is 33.6 Å². The molecule has 2 aromatic rings. The summed E-state index contributed by atoms with van der Waals surface area (Å²) in [6, 6.07) is 11.8. The maximum atomic E-state index is 14.7. The van der Waals surface area contributed by atoms with Gasteiger partial charge < -0.3 is 68.3 Å². The van der Waals surface area contributed by atoms with E-state index in [1.54, 1.807) is 116 Å². The Balaban J connectivity index is 0.000000821. The quantitative estimate of drug-likeness (QED) is 0.0103. The van der Waals surface area contributed by atoms with Gasteiger partial charge >= 0.3 is 23.9 Å². The Morgan fingerprint density at radius 2 is 0.891 bits per heavy atom. The number of aliphatic hydroxyl groups is 3. The molecule has 3 rings (SSSR count). The minimum atomic E-state index is -2.46. The first kappa shape index (κ1) is 108. The number of ether oxygens (including phenoxy) is 8. The van der Waals surface area contributed by atoms with Crippen LogP contribution in [0.2, 0.25) is 5.04 Å². The summed E-state index contributed by atoms with van der Waals surface area (Å²) in [6.45, 7) is 29.7. The number of methoxy groups -OCH3 is 2. The predicted octanol–water partition coefficient (Wildman–Crippen LogP) is 15.6. The fourth-order valence-electron chi connectivity index (χ4n) is 13.1. The maximum absolute atomic E-state index is 14.7. The first-order valence-corrected chi connectivity index (χ1v) is 44.9. The molecular formula is C95H150N2O21Si. The van der Waals surface area contributed by atoms with Crippen LogP contribution in [0.4, 0.5) is 0 Å². The fourth-order valence-corrected chi connectivity index (χ4v) is 14.3. The number of benzene rings is 2. The molecule has 0 spiro atoms. The second-order valence-electron chi connectivity index (χ2n) is 34.8. The molecule has 2 amide bonds. The van der Waals surface area contributed by atoms with Crippen LogP contribution in [0.15, 0.2) is 72.8 Å². The van der Waals surface area contributed by atoms with Crippen LogP contribution in [0.25, 0.3) is 0 Å². The molecule has 1 fully saturated rings. The predicted molar refractivity (Wildman–Crippen MR) is 468 cm³/mol. The minimum absolute atomic E-state index is 0.0203. The van der Waals surface area contributed by atoms with Gasteiger partial charge in [0.15, 0.2) is 38.3 Å². The van der Waals surface area contributed by atoms with Gasteiger partial charge in [-0.2, -0.15) is 0 Å². The van der Waals surface area contributed by atoms with Crippen LogP contribution in [0, 0.1) is 40.9 Å². The van der Waals surface area contributed by atoms with Crippen molar-refractivity contribution in [2.75, 3.05) is 53.9 Å². The molecule has 0 aliphatic carbocycles. The first-order chi connectivity index (χ1) is 56.3. The number of aliphatic hydroxyl groups excluding tert-OH is 1. The summed E-state index contributed by atoms with van der Waals surface area (Å²) in [6.07, 6.45) is 27.8. The number of carbonyl (C=O) groups is 9. The van der Waals surface area contributed by atoms with Crippen molar-refractivity contribution in [3.05, 3.63) is 84.0 Å². The van der Waals surface area contributed by atoms with Crippen LogP contribution in [0.1, 0.15) is 308 Å². The zero-order chi connectivity index (χ0) is 89.0. The van der Waals surface area contributed by atoms with E-state index in [1.807, 2.05) is 6.08 Å². The van der Waals surface area contributed by atoms with Gasteiger partial charge in [-0.15, -0.1) is 11.8 Å². The van der Waals surface area contributed by atoms with Crippen molar-refractivity contribution in [1.82, 2.24) is 10.6 Å². The van der Waals surface area contributed by atoms with Crippen molar-refractivity contribution in [2.24, 2.45) is 17.3 Å². The van der Waals surface area contributed by atoms with Crippen molar-refractivity contribution in [3.63, 3.8) is 0 Å². The number of nitrogens with one attached hydrogen (secondary N) is 2. The summed E-state index contributed by atoms with van der Waals surface area (Å²) in [5, 5.41) is 39.8. The zero-order valence-electron chi connectivity index (χ0n) is 75.5. The van der Waals surface area contributed by atoms with Gasteiger partial charge in [-0.05, 0) is 165 Å². The van der Waals surface area contributed by atoms with Crippen molar-refractivity contribution in [2.45, 2.75) is 355 Å². The molecule has 23 nitrogen and oxygen atoms in total. The molecule has 1 aliphatic heterocycles. The Bertz CT molecular complexity index is 3520. The van der Waals surface area contributed by atoms with Crippen molar-refractivity contribution in [3.8, 4) is 35.2 Å². The Morgan fingerprint density at radius 3 is 1.25 bits per heavy atom. The third-order valence-electron chi connectivity index (χ3n) is 21.4. The van der Waals surface area contributed by atoms with Gasteiger partial charge in [-0.1, -0.05) is 186 Å². The van der Waals surface area contributed by atoms with Gasteiger partial charge in [-0.25, -0.2) is 9.59 Å². The average Bonchev–Trinajstić information content (AvgIpc) is 1.76. The van der Waals surface area contributed by atoms with E-state index in [-0.39, 0.29) is 75.2 Å². The van der Waals surface area contributed by atoms with E-state index in [9.17, 15) is 58.5 Å². The van der Waals surface area contributed by atoms with Gasteiger partial charge in [0.25, 0.3) is 0 Å². The van der Waals surface area contributed by atoms with E-state index in [0.717, 1.165) is 83.5 Å². The monoisotopic (exact) mass is 1680 g/mol.